The zero-order valence-corrected chi connectivity index (χ0v) is 11.5. The van der Waals surface area contributed by atoms with Crippen molar-refractivity contribution in [2.24, 2.45) is 0 Å². The van der Waals surface area contributed by atoms with Gasteiger partial charge in [-0.25, -0.2) is 9.50 Å². The molecule has 2 heterocycles. The van der Waals surface area contributed by atoms with E-state index in [0.717, 1.165) is 5.56 Å². The molecule has 0 saturated carbocycles. The monoisotopic (exact) mass is 289 g/mol. The van der Waals surface area contributed by atoms with Gasteiger partial charge in [-0.15, -0.1) is 0 Å². The van der Waals surface area contributed by atoms with Gasteiger partial charge in [0.25, 0.3) is 0 Å². The number of nitrogens with zero attached hydrogens (tertiary/aromatic N) is 3. The van der Waals surface area contributed by atoms with Crippen LogP contribution in [0.3, 0.4) is 0 Å². The molecule has 5 nitrogen and oxygen atoms in total. The largest absolute Gasteiger partial charge is 0.507 e. The van der Waals surface area contributed by atoms with Crippen LogP contribution in [0.25, 0.3) is 16.8 Å². The third-order valence-corrected chi connectivity index (χ3v) is 3.38. The predicted octanol–water partition coefficient (Wildman–Crippen LogP) is 2.56. The third-order valence-electron chi connectivity index (χ3n) is 3.17. The van der Waals surface area contributed by atoms with Crippen LogP contribution in [0.2, 0.25) is 5.02 Å². The average molecular weight is 290 g/mol. The third kappa shape index (κ3) is 2.01. The van der Waals surface area contributed by atoms with Gasteiger partial charge in [-0.2, -0.15) is 5.10 Å². The first-order valence-corrected chi connectivity index (χ1v) is 6.40. The van der Waals surface area contributed by atoms with Gasteiger partial charge in [0.15, 0.2) is 0 Å². The minimum atomic E-state index is -0.0800. The number of benzene rings is 1. The van der Waals surface area contributed by atoms with Crippen molar-refractivity contribution in [3.8, 4) is 17.0 Å². The maximum atomic E-state index is 10.2. The van der Waals surface area contributed by atoms with Gasteiger partial charge in [-0.3, -0.25) is 0 Å². The van der Waals surface area contributed by atoms with Crippen LogP contribution in [-0.4, -0.2) is 24.8 Å². The molecule has 0 saturated heterocycles. The molecule has 20 heavy (non-hydrogen) atoms. The Labute approximate surface area is 120 Å². The summed E-state index contributed by atoms with van der Waals surface area (Å²) in [5, 5.41) is 24.1. The van der Waals surface area contributed by atoms with Gasteiger partial charge in [0, 0.05) is 16.8 Å². The minimum absolute atomic E-state index is 0.0800. The maximum Gasteiger partial charge on any atom is 0.137 e. The van der Waals surface area contributed by atoms with E-state index in [1.165, 1.54) is 6.33 Å². The molecule has 0 radical (unpaired) electrons. The Hall–Kier alpha value is -2.11. The molecule has 0 aliphatic heterocycles. The van der Waals surface area contributed by atoms with Crippen LogP contribution < -0.4 is 0 Å². The highest BCUT2D eigenvalue weighted by Crippen LogP contribution is 2.35. The van der Waals surface area contributed by atoms with Crippen molar-refractivity contribution in [3.05, 3.63) is 46.9 Å². The van der Waals surface area contributed by atoms with E-state index in [-0.39, 0.29) is 12.4 Å². The number of rotatable bonds is 2. The van der Waals surface area contributed by atoms with Crippen molar-refractivity contribution < 1.29 is 10.2 Å². The number of aromatic nitrogens is 3. The molecule has 0 unspecified atom stereocenters. The second kappa shape index (κ2) is 4.77. The smallest absolute Gasteiger partial charge is 0.137 e. The SMILES string of the molecule is Cc1cc(Cl)cc(-c2ncnn3cc(CO)cc23)c1O. The topological polar surface area (TPSA) is 70.7 Å². The Balaban J connectivity index is 2.32. The second-order valence-electron chi connectivity index (χ2n) is 4.56. The summed E-state index contributed by atoms with van der Waals surface area (Å²) in [5.41, 5.74) is 3.23. The van der Waals surface area contributed by atoms with Crippen molar-refractivity contribution in [1.82, 2.24) is 14.6 Å². The first-order chi connectivity index (χ1) is 9.60. The Morgan fingerprint density at radius 2 is 2.10 bits per heavy atom. The normalized spacial score (nSPS) is 11.2. The molecule has 0 aliphatic rings. The van der Waals surface area contributed by atoms with Gasteiger partial charge >= 0.3 is 0 Å². The molecule has 3 aromatic rings. The highest BCUT2D eigenvalue weighted by atomic mass is 35.5. The van der Waals surface area contributed by atoms with Gasteiger partial charge in [0.1, 0.15) is 17.8 Å². The summed E-state index contributed by atoms with van der Waals surface area (Å²) < 4.78 is 1.61. The Morgan fingerprint density at radius 3 is 2.85 bits per heavy atom. The van der Waals surface area contributed by atoms with E-state index in [9.17, 15) is 10.2 Å². The highest BCUT2D eigenvalue weighted by Gasteiger charge is 2.14. The zero-order valence-electron chi connectivity index (χ0n) is 10.7. The fraction of sp³-hybridized carbons (Fsp3) is 0.143. The van der Waals surface area contributed by atoms with Crippen LogP contribution in [0.15, 0.2) is 30.7 Å². The molecular weight excluding hydrogens is 278 g/mol. The molecule has 102 valence electrons. The lowest BCUT2D eigenvalue weighted by Crippen LogP contribution is -1.95. The van der Waals surface area contributed by atoms with E-state index in [4.69, 9.17) is 11.6 Å². The molecule has 0 fully saturated rings. The van der Waals surface area contributed by atoms with Crippen LogP contribution in [0.1, 0.15) is 11.1 Å². The predicted molar refractivity (Wildman–Crippen MR) is 75.8 cm³/mol. The number of phenols is 1. The molecule has 0 amide bonds. The zero-order chi connectivity index (χ0) is 14.3. The van der Waals surface area contributed by atoms with Gasteiger partial charge in [-0.05, 0) is 36.2 Å². The lowest BCUT2D eigenvalue weighted by Gasteiger charge is -2.08. The Bertz CT molecular complexity index is 798. The summed E-state index contributed by atoms with van der Waals surface area (Å²) in [4.78, 5) is 4.24. The van der Waals surface area contributed by atoms with Crippen LogP contribution in [-0.2, 0) is 6.61 Å². The first-order valence-electron chi connectivity index (χ1n) is 6.02. The van der Waals surface area contributed by atoms with Crippen LogP contribution in [0.4, 0.5) is 0 Å². The van der Waals surface area contributed by atoms with Crippen molar-refractivity contribution in [2.45, 2.75) is 13.5 Å². The summed E-state index contributed by atoms with van der Waals surface area (Å²) in [7, 11) is 0. The maximum absolute atomic E-state index is 10.2. The van der Waals surface area contributed by atoms with E-state index in [0.29, 0.717) is 27.4 Å². The summed E-state index contributed by atoms with van der Waals surface area (Å²) >= 11 is 6.05. The molecule has 6 heteroatoms. The molecule has 0 aliphatic carbocycles. The van der Waals surface area contributed by atoms with Crippen LogP contribution in [0.5, 0.6) is 5.75 Å². The minimum Gasteiger partial charge on any atom is -0.507 e. The fourth-order valence-corrected chi connectivity index (χ4v) is 2.47. The molecule has 0 atom stereocenters. The molecule has 1 aromatic carbocycles. The highest BCUT2D eigenvalue weighted by molar-refractivity contribution is 6.31. The number of fused-ring (bicyclic) bond motifs is 1. The summed E-state index contributed by atoms with van der Waals surface area (Å²) in [6, 6.07) is 5.14. The molecule has 3 rings (SSSR count). The quantitative estimate of drug-likeness (QED) is 0.760. The van der Waals surface area contributed by atoms with Crippen molar-refractivity contribution in [3.63, 3.8) is 0 Å². The van der Waals surface area contributed by atoms with Gasteiger partial charge < -0.3 is 10.2 Å². The molecule has 0 spiro atoms. The average Bonchev–Trinajstić information content (AvgIpc) is 2.85. The van der Waals surface area contributed by atoms with E-state index in [1.54, 1.807) is 35.8 Å². The Morgan fingerprint density at radius 1 is 1.30 bits per heavy atom. The van der Waals surface area contributed by atoms with Crippen molar-refractivity contribution in [1.29, 1.82) is 0 Å². The fourth-order valence-electron chi connectivity index (χ4n) is 2.19. The molecular formula is C14H12ClN3O2. The summed E-state index contributed by atoms with van der Waals surface area (Å²) in [5.74, 6) is 0.141. The number of hydrogen-bond donors (Lipinski definition) is 2. The number of aliphatic hydroxyl groups is 1. The van der Waals surface area contributed by atoms with Crippen LogP contribution >= 0.6 is 11.6 Å². The van der Waals surface area contributed by atoms with E-state index < -0.39 is 0 Å². The number of aryl methyl sites for hydroxylation is 1. The lowest BCUT2D eigenvalue weighted by molar-refractivity contribution is 0.282. The van der Waals surface area contributed by atoms with Gasteiger partial charge in [0.05, 0.1) is 12.1 Å². The number of halogens is 1. The van der Waals surface area contributed by atoms with E-state index in [2.05, 4.69) is 10.1 Å². The second-order valence-corrected chi connectivity index (χ2v) is 5.00. The van der Waals surface area contributed by atoms with Gasteiger partial charge in [0.2, 0.25) is 0 Å². The number of phenolic OH excluding ortho intramolecular Hbond substituents is 1. The number of aliphatic hydroxyl groups excluding tert-OH is 1. The first kappa shape index (κ1) is 12.9. The standard InChI is InChI=1S/C14H12ClN3O2/c1-8-2-10(15)4-11(14(8)20)13-12-3-9(6-19)5-18(12)17-7-16-13/h2-5,7,19-20H,6H2,1H3. The number of hydrogen-bond acceptors (Lipinski definition) is 4. The molecule has 2 N–H and O–H groups in total. The van der Waals surface area contributed by atoms with Crippen molar-refractivity contribution >= 4 is 17.1 Å². The Kier molecular flexibility index (Phi) is 3.08. The van der Waals surface area contributed by atoms with Gasteiger partial charge in [-0.1, -0.05) is 11.6 Å². The number of aromatic hydroxyl groups is 1. The summed E-state index contributed by atoms with van der Waals surface area (Å²) in [6.07, 6.45) is 3.12. The lowest BCUT2D eigenvalue weighted by atomic mass is 10.1. The van der Waals surface area contributed by atoms with Crippen LogP contribution in [0, 0.1) is 6.92 Å². The molecule has 0 bridgehead atoms. The van der Waals surface area contributed by atoms with E-state index in [1.807, 2.05) is 0 Å². The molecule has 2 aromatic heterocycles. The van der Waals surface area contributed by atoms with E-state index >= 15 is 0 Å². The summed E-state index contributed by atoms with van der Waals surface area (Å²) in [6.45, 7) is 1.70. The van der Waals surface area contributed by atoms with Crippen molar-refractivity contribution in [2.75, 3.05) is 0 Å².